The minimum absolute atomic E-state index is 0.170. The highest BCUT2D eigenvalue weighted by Gasteiger charge is 2.41. The lowest BCUT2D eigenvalue weighted by molar-refractivity contribution is -0.167. The molecule has 0 atom stereocenters. The van der Waals surface area contributed by atoms with Gasteiger partial charge in [-0.05, 0) is 18.2 Å². The van der Waals surface area contributed by atoms with Gasteiger partial charge < -0.3 is 15.8 Å². The number of carbonyl (C=O) groups excluding carboxylic acids is 1. The number of hydrogen-bond donors (Lipinski definition) is 2. The first-order valence-electron chi connectivity index (χ1n) is 5.31. The van der Waals surface area contributed by atoms with Crippen LogP contribution in [-0.2, 0) is 9.53 Å². The van der Waals surface area contributed by atoms with Gasteiger partial charge in [-0.2, -0.15) is 8.78 Å². The molecule has 0 bridgehead atoms. The van der Waals surface area contributed by atoms with Crippen LogP contribution >= 0.6 is 11.6 Å². The van der Waals surface area contributed by atoms with Crippen LogP contribution < -0.4 is 11.1 Å². The molecule has 0 fully saturated rings. The highest BCUT2D eigenvalue weighted by Crippen LogP contribution is 2.24. The van der Waals surface area contributed by atoms with E-state index in [2.05, 4.69) is 10.1 Å². The number of rotatable bonds is 6. The lowest BCUT2D eigenvalue weighted by atomic mass is 10.2. The molecule has 112 valence electrons. The van der Waals surface area contributed by atoms with Gasteiger partial charge in [-0.25, -0.2) is 8.78 Å². The number of ether oxygens (including phenoxy) is 1. The smallest absolute Gasteiger partial charge is 0.330 e. The molecule has 0 spiro atoms. The summed E-state index contributed by atoms with van der Waals surface area (Å²) in [6.45, 7) is -2.35. The van der Waals surface area contributed by atoms with Crippen molar-refractivity contribution in [1.82, 2.24) is 0 Å². The highest BCUT2D eigenvalue weighted by atomic mass is 35.5. The normalized spacial score (nSPS) is 11.7. The van der Waals surface area contributed by atoms with Crippen molar-refractivity contribution in [2.24, 2.45) is 0 Å². The molecule has 0 saturated heterocycles. The second-order valence-electron chi connectivity index (χ2n) is 3.83. The quantitative estimate of drug-likeness (QED) is 0.627. The van der Waals surface area contributed by atoms with Gasteiger partial charge in [0.1, 0.15) is 13.2 Å². The van der Waals surface area contributed by atoms with Gasteiger partial charge >= 0.3 is 12.3 Å². The summed E-state index contributed by atoms with van der Waals surface area (Å²) in [5.74, 6) is -5.09. The third-order valence-electron chi connectivity index (χ3n) is 2.13. The predicted octanol–water partition coefficient (Wildman–Crippen LogP) is 2.78. The monoisotopic (exact) mass is 314 g/mol. The van der Waals surface area contributed by atoms with Crippen LogP contribution in [0.4, 0.5) is 28.9 Å². The van der Waals surface area contributed by atoms with E-state index in [4.69, 9.17) is 17.3 Å². The van der Waals surface area contributed by atoms with Crippen molar-refractivity contribution in [3.05, 3.63) is 23.2 Å². The Hall–Kier alpha value is -1.54. The minimum atomic E-state index is -4.29. The lowest BCUT2D eigenvalue weighted by Crippen LogP contribution is -2.34. The molecular weight excluding hydrogens is 304 g/mol. The van der Waals surface area contributed by atoms with Gasteiger partial charge in [0.2, 0.25) is 5.91 Å². The fourth-order valence-electron chi connectivity index (χ4n) is 1.18. The van der Waals surface area contributed by atoms with Crippen LogP contribution in [0.25, 0.3) is 0 Å². The van der Waals surface area contributed by atoms with Gasteiger partial charge in [-0.15, -0.1) is 0 Å². The number of nitrogen functional groups attached to an aromatic ring is 1. The second-order valence-corrected chi connectivity index (χ2v) is 4.27. The van der Waals surface area contributed by atoms with E-state index in [1.165, 1.54) is 18.2 Å². The zero-order chi connectivity index (χ0) is 15.3. The van der Waals surface area contributed by atoms with Crippen LogP contribution in [0.2, 0.25) is 5.02 Å². The van der Waals surface area contributed by atoms with Crippen molar-refractivity contribution in [2.75, 3.05) is 24.3 Å². The maximum absolute atomic E-state index is 12.5. The Kier molecular flexibility index (Phi) is 5.58. The SMILES string of the molecule is Nc1cc(Cl)ccc1NC(=O)COCC(F)(F)C(F)F. The molecule has 0 saturated carbocycles. The first kappa shape index (κ1) is 16.5. The zero-order valence-corrected chi connectivity index (χ0v) is 10.8. The maximum atomic E-state index is 12.5. The van der Waals surface area contributed by atoms with Gasteiger partial charge in [-0.3, -0.25) is 4.79 Å². The molecule has 20 heavy (non-hydrogen) atoms. The Balaban J connectivity index is 2.45. The van der Waals surface area contributed by atoms with Gasteiger partial charge in [0.15, 0.2) is 0 Å². The fraction of sp³-hybridized carbons (Fsp3) is 0.364. The summed E-state index contributed by atoms with van der Waals surface area (Å²) < 4.78 is 52.9. The van der Waals surface area contributed by atoms with Crippen molar-refractivity contribution >= 4 is 28.9 Å². The molecule has 4 nitrogen and oxygen atoms in total. The summed E-state index contributed by atoms with van der Waals surface area (Å²) in [6, 6.07) is 4.24. The van der Waals surface area contributed by atoms with Gasteiger partial charge in [0.25, 0.3) is 0 Å². The topological polar surface area (TPSA) is 64.3 Å². The summed E-state index contributed by atoms with van der Waals surface area (Å²) in [7, 11) is 0. The van der Waals surface area contributed by atoms with Gasteiger partial charge in [-0.1, -0.05) is 11.6 Å². The third kappa shape index (κ3) is 4.86. The molecule has 3 N–H and O–H groups in total. The molecule has 0 heterocycles. The molecule has 0 unspecified atom stereocenters. The molecule has 1 amide bonds. The van der Waals surface area contributed by atoms with Crippen molar-refractivity contribution < 1.29 is 27.1 Å². The number of amides is 1. The fourth-order valence-corrected chi connectivity index (χ4v) is 1.36. The molecule has 1 aromatic carbocycles. The van der Waals surface area contributed by atoms with Crippen LogP contribution in [0, 0.1) is 0 Å². The molecule has 0 aliphatic heterocycles. The maximum Gasteiger partial charge on any atom is 0.330 e. The minimum Gasteiger partial charge on any atom is -0.397 e. The first-order chi connectivity index (χ1) is 9.22. The summed E-state index contributed by atoms with van der Waals surface area (Å²) >= 11 is 5.65. The lowest BCUT2D eigenvalue weighted by Gasteiger charge is -2.15. The van der Waals surface area contributed by atoms with Gasteiger partial charge in [0.05, 0.1) is 11.4 Å². The molecule has 1 aromatic rings. The van der Waals surface area contributed by atoms with Crippen LogP contribution in [0.5, 0.6) is 0 Å². The summed E-state index contributed by atoms with van der Waals surface area (Å²) in [5, 5.41) is 2.63. The number of alkyl halides is 4. The molecular formula is C11H11ClF4N2O2. The molecule has 0 aliphatic carbocycles. The highest BCUT2D eigenvalue weighted by molar-refractivity contribution is 6.31. The largest absolute Gasteiger partial charge is 0.397 e. The average Bonchev–Trinajstić information content (AvgIpc) is 2.32. The molecule has 0 radical (unpaired) electrons. The standard InChI is InChI=1S/C11H11ClF4N2O2/c12-6-1-2-8(7(17)3-6)18-9(19)4-20-5-11(15,16)10(13)14/h1-3,10H,4-5,17H2,(H,18,19). The number of anilines is 2. The van der Waals surface area contributed by atoms with Gasteiger partial charge in [0, 0.05) is 5.02 Å². The Morgan fingerprint density at radius 1 is 1.45 bits per heavy atom. The summed E-state index contributed by atoms with van der Waals surface area (Å²) in [5.41, 5.74) is 5.93. The van der Waals surface area contributed by atoms with E-state index in [9.17, 15) is 22.4 Å². The second kappa shape index (κ2) is 6.76. The van der Waals surface area contributed by atoms with E-state index in [0.717, 1.165) is 0 Å². The van der Waals surface area contributed by atoms with Crippen LogP contribution in [0.3, 0.4) is 0 Å². The van der Waals surface area contributed by atoms with Crippen LogP contribution in [-0.4, -0.2) is 31.5 Å². The number of hydrogen-bond acceptors (Lipinski definition) is 3. The van der Waals surface area contributed by atoms with Crippen molar-refractivity contribution in [2.45, 2.75) is 12.3 Å². The van der Waals surface area contributed by atoms with E-state index in [1.807, 2.05) is 0 Å². The van der Waals surface area contributed by atoms with E-state index in [1.54, 1.807) is 0 Å². The first-order valence-corrected chi connectivity index (χ1v) is 5.69. The average molecular weight is 315 g/mol. The number of nitrogens with two attached hydrogens (primary N) is 1. The van der Waals surface area contributed by atoms with E-state index < -0.39 is 31.5 Å². The van der Waals surface area contributed by atoms with E-state index >= 15 is 0 Å². The molecule has 9 heteroatoms. The number of carbonyl (C=O) groups is 1. The van der Waals surface area contributed by atoms with E-state index in [-0.39, 0.29) is 11.4 Å². The predicted molar refractivity (Wildman–Crippen MR) is 66.3 cm³/mol. The Morgan fingerprint density at radius 2 is 2.10 bits per heavy atom. The van der Waals surface area contributed by atoms with Crippen LogP contribution in [0.1, 0.15) is 0 Å². The Morgan fingerprint density at radius 3 is 2.65 bits per heavy atom. The number of nitrogens with one attached hydrogen (secondary N) is 1. The van der Waals surface area contributed by atoms with Crippen molar-refractivity contribution in [3.8, 4) is 0 Å². The Labute approximate surface area is 116 Å². The number of benzene rings is 1. The summed E-state index contributed by atoms with van der Waals surface area (Å²) in [6.07, 6.45) is -3.85. The number of halogens is 5. The zero-order valence-electron chi connectivity index (χ0n) is 10.0. The van der Waals surface area contributed by atoms with Crippen LogP contribution in [0.15, 0.2) is 18.2 Å². The molecule has 0 aromatic heterocycles. The van der Waals surface area contributed by atoms with Crippen molar-refractivity contribution in [1.29, 1.82) is 0 Å². The molecule has 0 aliphatic rings. The molecule has 1 rings (SSSR count). The van der Waals surface area contributed by atoms with Crippen molar-refractivity contribution in [3.63, 3.8) is 0 Å². The third-order valence-corrected chi connectivity index (χ3v) is 2.37. The summed E-state index contributed by atoms with van der Waals surface area (Å²) in [4.78, 5) is 11.3. The Bertz CT molecular complexity index is 485. The van der Waals surface area contributed by atoms with E-state index in [0.29, 0.717) is 5.02 Å².